The van der Waals surface area contributed by atoms with E-state index in [1.165, 1.54) is 9.80 Å². The lowest BCUT2D eigenvalue weighted by molar-refractivity contribution is -0.116. The second-order valence-electron chi connectivity index (χ2n) is 6.71. The van der Waals surface area contributed by atoms with Crippen molar-refractivity contribution in [2.24, 2.45) is 0 Å². The van der Waals surface area contributed by atoms with Crippen molar-refractivity contribution >= 4 is 40.0 Å². The standard InChI is InChI=1S/C19H23N5O4S/c1-12-16(17(26)22(2)3)29-18(20-12)21-15(25)11-23-9-10-24(19(23)27)13-7-5-6-8-14(13)28-4/h5-8H,9-11H2,1-4H3,(H,20,21,25). The molecule has 1 aromatic carbocycles. The van der Waals surface area contributed by atoms with Gasteiger partial charge in [-0.25, -0.2) is 9.78 Å². The lowest BCUT2D eigenvalue weighted by atomic mass is 10.2. The zero-order valence-corrected chi connectivity index (χ0v) is 17.6. The maximum absolute atomic E-state index is 12.7. The first-order valence-corrected chi connectivity index (χ1v) is 9.82. The molecule has 1 aromatic heterocycles. The van der Waals surface area contributed by atoms with Crippen LogP contribution in [0.3, 0.4) is 0 Å². The number of anilines is 2. The summed E-state index contributed by atoms with van der Waals surface area (Å²) >= 11 is 1.12. The van der Waals surface area contributed by atoms with E-state index in [2.05, 4.69) is 10.3 Å². The second kappa shape index (κ2) is 8.48. The van der Waals surface area contributed by atoms with Gasteiger partial charge in [0.25, 0.3) is 5.91 Å². The molecule has 0 saturated carbocycles. The van der Waals surface area contributed by atoms with E-state index < -0.39 is 0 Å². The average Bonchev–Trinajstić information content (AvgIpc) is 3.23. The lowest BCUT2D eigenvalue weighted by Crippen LogP contribution is -2.37. The van der Waals surface area contributed by atoms with Crippen LogP contribution in [-0.2, 0) is 4.79 Å². The molecule has 1 saturated heterocycles. The summed E-state index contributed by atoms with van der Waals surface area (Å²) in [4.78, 5) is 46.5. The Balaban J connectivity index is 1.64. The molecular weight excluding hydrogens is 394 g/mol. The molecule has 1 aliphatic rings. The number of carbonyl (C=O) groups excluding carboxylic acids is 3. The third kappa shape index (κ3) is 4.32. The van der Waals surface area contributed by atoms with E-state index in [1.807, 2.05) is 18.2 Å². The summed E-state index contributed by atoms with van der Waals surface area (Å²) in [6.07, 6.45) is 0. The zero-order valence-electron chi connectivity index (χ0n) is 16.8. The van der Waals surface area contributed by atoms with Crippen LogP contribution in [0.4, 0.5) is 15.6 Å². The molecule has 0 atom stereocenters. The fraction of sp³-hybridized carbons (Fsp3) is 0.368. The van der Waals surface area contributed by atoms with Gasteiger partial charge in [-0.3, -0.25) is 14.5 Å². The van der Waals surface area contributed by atoms with E-state index in [9.17, 15) is 14.4 Å². The first-order chi connectivity index (χ1) is 13.8. The van der Waals surface area contributed by atoms with E-state index in [-0.39, 0.29) is 24.4 Å². The molecule has 154 valence electrons. The summed E-state index contributed by atoms with van der Waals surface area (Å²) in [5.41, 5.74) is 1.23. The number of aromatic nitrogens is 1. The fourth-order valence-corrected chi connectivity index (χ4v) is 3.99. The molecule has 2 aromatic rings. The van der Waals surface area contributed by atoms with Crippen molar-refractivity contribution in [3.8, 4) is 5.75 Å². The minimum Gasteiger partial charge on any atom is -0.495 e. The molecule has 0 spiro atoms. The van der Waals surface area contributed by atoms with Gasteiger partial charge in [0.05, 0.1) is 18.5 Å². The molecule has 0 unspecified atom stereocenters. The molecule has 0 radical (unpaired) electrons. The largest absolute Gasteiger partial charge is 0.495 e. The Hall–Kier alpha value is -3.14. The number of rotatable bonds is 6. The number of benzene rings is 1. The topological polar surface area (TPSA) is 95.1 Å². The van der Waals surface area contributed by atoms with Crippen LogP contribution < -0.4 is 15.0 Å². The monoisotopic (exact) mass is 417 g/mol. The molecule has 1 N–H and O–H groups in total. The molecule has 0 aliphatic carbocycles. The summed E-state index contributed by atoms with van der Waals surface area (Å²) < 4.78 is 5.32. The first kappa shape index (κ1) is 20.6. The third-order valence-corrected chi connectivity index (χ3v) is 5.51. The van der Waals surface area contributed by atoms with Crippen molar-refractivity contribution in [1.82, 2.24) is 14.8 Å². The van der Waals surface area contributed by atoms with Crippen molar-refractivity contribution in [3.05, 3.63) is 34.8 Å². The van der Waals surface area contributed by atoms with Gasteiger partial charge in [-0.1, -0.05) is 23.5 Å². The van der Waals surface area contributed by atoms with Crippen LogP contribution in [0.2, 0.25) is 0 Å². The maximum atomic E-state index is 12.7. The van der Waals surface area contributed by atoms with Gasteiger partial charge in [-0.15, -0.1) is 0 Å². The van der Waals surface area contributed by atoms with Gasteiger partial charge in [-0.05, 0) is 19.1 Å². The van der Waals surface area contributed by atoms with Crippen molar-refractivity contribution in [1.29, 1.82) is 0 Å². The normalized spacial score (nSPS) is 13.6. The zero-order chi connectivity index (χ0) is 21.1. The smallest absolute Gasteiger partial charge is 0.325 e. The van der Waals surface area contributed by atoms with E-state index in [0.717, 1.165) is 11.3 Å². The predicted octanol–water partition coefficient (Wildman–Crippen LogP) is 2.04. The molecule has 2 heterocycles. The Kier molecular flexibility index (Phi) is 6.02. The number of hydrogen-bond donors (Lipinski definition) is 1. The quantitative estimate of drug-likeness (QED) is 0.776. The molecule has 10 heteroatoms. The van der Waals surface area contributed by atoms with Crippen molar-refractivity contribution < 1.29 is 19.1 Å². The highest BCUT2D eigenvalue weighted by atomic mass is 32.1. The lowest BCUT2D eigenvalue weighted by Gasteiger charge is -2.20. The van der Waals surface area contributed by atoms with Gasteiger partial charge in [0, 0.05) is 27.2 Å². The van der Waals surface area contributed by atoms with Gasteiger partial charge < -0.3 is 19.9 Å². The summed E-state index contributed by atoms with van der Waals surface area (Å²) in [5.74, 6) is 0.0731. The highest BCUT2D eigenvalue weighted by molar-refractivity contribution is 7.17. The van der Waals surface area contributed by atoms with Crippen LogP contribution in [0, 0.1) is 6.92 Å². The Morgan fingerprint density at radius 3 is 2.69 bits per heavy atom. The van der Waals surface area contributed by atoms with Crippen LogP contribution in [0.5, 0.6) is 5.75 Å². The van der Waals surface area contributed by atoms with Gasteiger partial charge in [0.1, 0.15) is 17.2 Å². The van der Waals surface area contributed by atoms with Gasteiger partial charge >= 0.3 is 6.03 Å². The van der Waals surface area contributed by atoms with E-state index in [0.29, 0.717) is 40.2 Å². The first-order valence-electron chi connectivity index (χ1n) is 9.00. The van der Waals surface area contributed by atoms with Crippen LogP contribution in [-0.4, -0.2) is 73.5 Å². The van der Waals surface area contributed by atoms with Crippen molar-refractivity contribution in [2.75, 3.05) is 51.1 Å². The number of urea groups is 1. The van der Waals surface area contributed by atoms with E-state index in [1.54, 1.807) is 39.1 Å². The van der Waals surface area contributed by atoms with Crippen LogP contribution >= 0.6 is 11.3 Å². The molecular formula is C19H23N5O4S. The average molecular weight is 417 g/mol. The molecule has 0 bridgehead atoms. The Morgan fingerprint density at radius 2 is 2.00 bits per heavy atom. The molecule has 4 amide bonds. The highest BCUT2D eigenvalue weighted by Gasteiger charge is 2.32. The van der Waals surface area contributed by atoms with E-state index in [4.69, 9.17) is 4.74 Å². The Morgan fingerprint density at radius 1 is 1.28 bits per heavy atom. The Bertz CT molecular complexity index is 942. The number of thiazole rings is 1. The number of ether oxygens (including phenoxy) is 1. The minimum absolute atomic E-state index is 0.0972. The maximum Gasteiger partial charge on any atom is 0.325 e. The molecule has 29 heavy (non-hydrogen) atoms. The molecule has 1 fully saturated rings. The summed E-state index contributed by atoms with van der Waals surface area (Å²) in [7, 11) is 4.87. The van der Waals surface area contributed by atoms with Crippen LogP contribution in [0.25, 0.3) is 0 Å². The predicted molar refractivity (Wildman–Crippen MR) is 111 cm³/mol. The SMILES string of the molecule is COc1ccccc1N1CCN(CC(=O)Nc2nc(C)c(C(=O)N(C)C)s2)C1=O. The van der Waals surface area contributed by atoms with E-state index >= 15 is 0 Å². The summed E-state index contributed by atoms with van der Waals surface area (Å²) in [6.45, 7) is 2.51. The van der Waals surface area contributed by atoms with Gasteiger partial charge in [0.15, 0.2) is 5.13 Å². The molecule has 3 rings (SSSR count). The van der Waals surface area contributed by atoms with Crippen LogP contribution in [0.15, 0.2) is 24.3 Å². The number of amides is 4. The second-order valence-corrected chi connectivity index (χ2v) is 7.71. The Labute approximate surface area is 172 Å². The molecule has 1 aliphatic heterocycles. The van der Waals surface area contributed by atoms with Crippen molar-refractivity contribution in [3.63, 3.8) is 0 Å². The number of nitrogens with zero attached hydrogens (tertiary/aromatic N) is 4. The van der Waals surface area contributed by atoms with Crippen LogP contribution in [0.1, 0.15) is 15.4 Å². The number of hydrogen-bond acceptors (Lipinski definition) is 6. The minimum atomic E-state index is -0.363. The third-order valence-electron chi connectivity index (χ3n) is 4.45. The van der Waals surface area contributed by atoms with Gasteiger partial charge in [-0.2, -0.15) is 0 Å². The number of nitrogens with one attached hydrogen (secondary N) is 1. The number of carbonyl (C=O) groups is 3. The van der Waals surface area contributed by atoms with Crippen molar-refractivity contribution in [2.45, 2.75) is 6.92 Å². The highest BCUT2D eigenvalue weighted by Crippen LogP contribution is 2.30. The summed E-state index contributed by atoms with van der Waals surface area (Å²) in [5, 5.41) is 3.02. The molecule has 9 nitrogen and oxygen atoms in total. The number of para-hydroxylation sites is 2. The summed E-state index contributed by atoms with van der Waals surface area (Å²) in [6, 6.07) is 7.00. The van der Waals surface area contributed by atoms with Gasteiger partial charge in [0.2, 0.25) is 5.91 Å². The number of methoxy groups -OCH3 is 1. The fourth-order valence-electron chi connectivity index (χ4n) is 2.99. The number of aryl methyl sites for hydroxylation is 1.